The molecule has 4 aromatic carbocycles. The van der Waals surface area contributed by atoms with Gasteiger partial charge in [0, 0.05) is 10.6 Å². The monoisotopic (exact) mass is 608 g/mol. The molecule has 0 N–H and O–H groups in total. The number of benzene rings is 4. The highest BCUT2D eigenvalue weighted by Crippen LogP contribution is 2.34. The zero-order chi connectivity index (χ0) is 31.0. The third-order valence-corrected chi connectivity index (χ3v) is 9.07. The predicted molar refractivity (Wildman–Crippen MR) is 193 cm³/mol. The molecule has 0 bridgehead atoms. The Labute approximate surface area is 273 Å². The quantitative estimate of drug-likeness (QED) is 0.0962. The highest BCUT2D eigenvalue weighted by molar-refractivity contribution is 6.33. The SMILES string of the molecule is CCCCCCCCCCc1ccc(-c2ccc(-c3ccc(-c4ccc(OC(C)CCCCCC)cc4)c(Cl)c3)cc2)cc1. The lowest BCUT2D eigenvalue weighted by Crippen LogP contribution is -2.11. The van der Waals surface area contributed by atoms with Crippen molar-refractivity contribution >= 4 is 11.6 Å². The second-order valence-corrected chi connectivity index (χ2v) is 12.9. The van der Waals surface area contributed by atoms with E-state index in [1.165, 1.54) is 106 Å². The molecule has 0 aliphatic rings. The van der Waals surface area contributed by atoms with E-state index in [0.29, 0.717) is 0 Å². The molecule has 0 radical (unpaired) electrons. The summed E-state index contributed by atoms with van der Waals surface area (Å²) in [5.74, 6) is 0.919. The maximum absolute atomic E-state index is 6.81. The van der Waals surface area contributed by atoms with Gasteiger partial charge < -0.3 is 4.74 Å². The van der Waals surface area contributed by atoms with Crippen molar-refractivity contribution in [1.29, 1.82) is 0 Å². The summed E-state index contributed by atoms with van der Waals surface area (Å²) in [5, 5.41) is 0.761. The molecule has 1 unspecified atom stereocenters. The first kappa shape index (κ1) is 33.9. The molecular weight excluding hydrogens is 556 g/mol. The summed E-state index contributed by atoms with van der Waals surface area (Å²) >= 11 is 6.81. The van der Waals surface area contributed by atoms with Crippen LogP contribution >= 0.6 is 11.6 Å². The number of halogens is 1. The van der Waals surface area contributed by atoms with E-state index in [9.17, 15) is 0 Å². The van der Waals surface area contributed by atoms with E-state index in [-0.39, 0.29) is 6.10 Å². The van der Waals surface area contributed by atoms with E-state index >= 15 is 0 Å². The summed E-state index contributed by atoms with van der Waals surface area (Å²) in [6.45, 7) is 6.69. The minimum absolute atomic E-state index is 0.232. The first-order chi connectivity index (χ1) is 21.6. The van der Waals surface area contributed by atoms with Crippen molar-refractivity contribution in [2.75, 3.05) is 0 Å². The van der Waals surface area contributed by atoms with Crippen LogP contribution in [0.4, 0.5) is 0 Å². The smallest absolute Gasteiger partial charge is 0.119 e. The molecule has 1 nitrogen and oxygen atoms in total. The van der Waals surface area contributed by atoms with Gasteiger partial charge in [0.25, 0.3) is 0 Å². The summed E-state index contributed by atoms with van der Waals surface area (Å²) in [6, 6.07) is 32.7. The molecule has 4 rings (SSSR count). The van der Waals surface area contributed by atoms with Gasteiger partial charge in [-0.3, -0.25) is 0 Å². The Bertz CT molecular complexity index is 1350. The molecule has 0 heterocycles. The van der Waals surface area contributed by atoms with Gasteiger partial charge in [-0.05, 0) is 84.2 Å². The van der Waals surface area contributed by atoms with E-state index in [1.807, 2.05) is 0 Å². The number of unbranched alkanes of at least 4 members (excludes halogenated alkanes) is 10. The highest BCUT2D eigenvalue weighted by Gasteiger charge is 2.09. The van der Waals surface area contributed by atoms with Crippen molar-refractivity contribution in [2.45, 2.75) is 117 Å². The largest absolute Gasteiger partial charge is 0.491 e. The second-order valence-electron chi connectivity index (χ2n) is 12.5. The summed E-state index contributed by atoms with van der Waals surface area (Å²) in [4.78, 5) is 0. The topological polar surface area (TPSA) is 9.23 Å². The van der Waals surface area contributed by atoms with Crippen LogP contribution in [0.1, 0.15) is 110 Å². The molecular formula is C42H53ClO. The maximum Gasteiger partial charge on any atom is 0.119 e. The molecule has 0 amide bonds. The summed E-state index contributed by atoms with van der Waals surface area (Å²) in [5.41, 5.74) is 8.40. The predicted octanol–water partition coefficient (Wildman–Crippen LogP) is 13.8. The summed E-state index contributed by atoms with van der Waals surface area (Å²) in [6.07, 6.45) is 18.5. The van der Waals surface area contributed by atoms with E-state index < -0.39 is 0 Å². The lowest BCUT2D eigenvalue weighted by Gasteiger charge is -2.15. The number of ether oxygens (including phenoxy) is 1. The first-order valence-electron chi connectivity index (χ1n) is 17.3. The zero-order valence-corrected chi connectivity index (χ0v) is 28.2. The Morgan fingerprint density at radius 1 is 0.523 bits per heavy atom. The highest BCUT2D eigenvalue weighted by atomic mass is 35.5. The Morgan fingerprint density at radius 3 is 1.59 bits per heavy atom. The van der Waals surface area contributed by atoms with Gasteiger partial charge in [0.05, 0.1) is 6.10 Å². The molecule has 0 fully saturated rings. The molecule has 0 aliphatic carbocycles. The van der Waals surface area contributed by atoms with Crippen LogP contribution in [0.3, 0.4) is 0 Å². The second kappa shape index (κ2) is 18.7. The summed E-state index contributed by atoms with van der Waals surface area (Å²) < 4.78 is 6.14. The number of hydrogen-bond donors (Lipinski definition) is 0. The molecule has 234 valence electrons. The van der Waals surface area contributed by atoms with Crippen LogP contribution in [0.25, 0.3) is 33.4 Å². The van der Waals surface area contributed by atoms with Crippen LogP contribution < -0.4 is 4.74 Å². The van der Waals surface area contributed by atoms with Gasteiger partial charge in [0.2, 0.25) is 0 Å². The van der Waals surface area contributed by atoms with Crippen molar-refractivity contribution in [3.63, 3.8) is 0 Å². The third-order valence-electron chi connectivity index (χ3n) is 8.76. The van der Waals surface area contributed by atoms with Gasteiger partial charge in [-0.25, -0.2) is 0 Å². The van der Waals surface area contributed by atoms with Crippen LogP contribution in [0.15, 0.2) is 91.0 Å². The minimum atomic E-state index is 0.232. The van der Waals surface area contributed by atoms with Gasteiger partial charge in [0.1, 0.15) is 5.75 Å². The van der Waals surface area contributed by atoms with Crippen LogP contribution in [-0.2, 0) is 6.42 Å². The minimum Gasteiger partial charge on any atom is -0.491 e. The molecule has 0 saturated carbocycles. The third kappa shape index (κ3) is 10.8. The van der Waals surface area contributed by atoms with Gasteiger partial charge in [-0.2, -0.15) is 0 Å². The van der Waals surface area contributed by atoms with E-state index in [1.54, 1.807) is 0 Å². The van der Waals surface area contributed by atoms with E-state index in [4.69, 9.17) is 16.3 Å². The molecule has 4 aromatic rings. The Hall–Kier alpha value is -3.03. The van der Waals surface area contributed by atoms with E-state index in [2.05, 4.69) is 112 Å². The van der Waals surface area contributed by atoms with Crippen molar-refractivity contribution in [2.24, 2.45) is 0 Å². The van der Waals surface area contributed by atoms with Crippen molar-refractivity contribution in [3.05, 3.63) is 102 Å². The molecule has 0 aromatic heterocycles. The van der Waals surface area contributed by atoms with Gasteiger partial charge in [0.15, 0.2) is 0 Å². The van der Waals surface area contributed by atoms with Gasteiger partial charge in [-0.1, -0.05) is 162 Å². The first-order valence-corrected chi connectivity index (χ1v) is 17.7. The molecule has 44 heavy (non-hydrogen) atoms. The average molecular weight is 609 g/mol. The lowest BCUT2D eigenvalue weighted by atomic mass is 9.97. The van der Waals surface area contributed by atoms with Crippen LogP contribution in [0.5, 0.6) is 5.75 Å². The summed E-state index contributed by atoms with van der Waals surface area (Å²) in [7, 11) is 0. The average Bonchev–Trinajstić information content (AvgIpc) is 3.05. The van der Waals surface area contributed by atoms with E-state index in [0.717, 1.165) is 33.9 Å². The molecule has 1 atom stereocenters. The van der Waals surface area contributed by atoms with Crippen LogP contribution in [0.2, 0.25) is 5.02 Å². The Morgan fingerprint density at radius 2 is 1.00 bits per heavy atom. The Kier molecular flexibility index (Phi) is 14.4. The Balaban J connectivity index is 1.28. The molecule has 0 spiro atoms. The molecule has 0 saturated heterocycles. The van der Waals surface area contributed by atoms with Crippen molar-refractivity contribution in [1.82, 2.24) is 0 Å². The normalized spacial score (nSPS) is 11.9. The zero-order valence-electron chi connectivity index (χ0n) is 27.4. The van der Waals surface area contributed by atoms with Crippen LogP contribution in [-0.4, -0.2) is 6.10 Å². The fourth-order valence-corrected chi connectivity index (χ4v) is 6.26. The number of aryl methyl sites for hydroxylation is 1. The maximum atomic E-state index is 6.81. The van der Waals surface area contributed by atoms with Gasteiger partial charge in [-0.15, -0.1) is 0 Å². The number of rotatable bonds is 19. The molecule has 2 heteroatoms. The molecule has 0 aliphatic heterocycles. The lowest BCUT2D eigenvalue weighted by molar-refractivity contribution is 0.206. The fourth-order valence-electron chi connectivity index (χ4n) is 5.97. The number of hydrogen-bond acceptors (Lipinski definition) is 1. The van der Waals surface area contributed by atoms with Crippen LogP contribution in [0, 0.1) is 0 Å². The van der Waals surface area contributed by atoms with Gasteiger partial charge >= 0.3 is 0 Å². The van der Waals surface area contributed by atoms with Crippen molar-refractivity contribution < 1.29 is 4.74 Å². The fraction of sp³-hybridized carbons (Fsp3) is 0.429. The standard InChI is InChI=1S/C42H53ClO/c1-4-6-8-10-11-12-13-15-17-34-18-20-35(21-19-34)36-22-24-37(25-23-36)39-28-31-41(42(43)32-39)38-26-29-40(30-27-38)44-33(3)16-14-9-7-5-2/h18-33H,4-17H2,1-3H3. The van der Waals surface area contributed by atoms with Crippen molar-refractivity contribution in [3.8, 4) is 39.1 Å².